The molecule has 0 radical (unpaired) electrons. The predicted octanol–water partition coefficient (Wildman–Crippen LogP) is 1.76. The second-order valence-electron chi connectivity index (χ2n) is 4.01. The SMILES string of the molecule is COCCOC(=O)CC(=O)C=Cc1ccccc1[N+](=O)[O-]. The van der Waals surface area contributed by atoms with E-state index >= 15 is 0 Å². The summed E-state index contributed by atoms with van der Waals surface area (Å²) < 4.78 is 9.44. The topological polar surface area (TPSA) is 95.7 Å². The molecule has 0 N–H and O–H groups in total. The largest absolute Gasteiger partial charge is 0.463 e. The number of methoxy groups -OCH3 is 1. The van der Waals surface area contributed by atoms with Crippen LogP contribution in [0.15, 0.2) is 30.3 Å². The van der Waals surface area contributed by atoms with Crippen molar-refractivity contribution < 1.29 is 24.0 Å². The fourth-order valence-electron chi connectivity index (χ4n) is 1.47. The van der Waals surface area contributed by atoms with Crippen LogP contribution in [0.1, 0.15) is 12.0 Å². The molecule has 0 unspecified atom stereocenters. The Morgan fingerprint density at radius 2 is 2.00 bits per heavy atom. The Hall–Kier alpha value is -2.54. The summed E-state index contributed by atoms with van der Waals surface area (Å²) >= 11 is 0. The van der Waals surface area contributed by atoms with E-state index in [1.165, 1.54) is 31.4 Å². The van der Waals surface area contributed by atoms with E-state index in [1.807, 2.05) is 0 Å². The minimum atomic E-state index is -0.663. The van der Waals surface area contributed by atoms with Gasteiger partial charge in [0.05, 0.1) is 17.1 Å². The first-order valence-corrected chi connectivity index (χ1v) is 6.13. The van der Waals surface area contributed by atoms with Gasteiger partial charge in [-0.15, -0.1) is 0 Å². The molecule has 1 aromatic rings. The molecule has 7 nitrogen and oxygen atoms in total. The lowest BCUT2D eigenvalue weighted by Gasteiger charge is -2.01. The third-order valence-electron chi connectivity index (χ3n) is 2.45. The highest BCUT2D eigenvalue weighted by Crippen LogP contribution is 2.18. The van der Waals surface area contributed by atoms with Gasteiger partial charge in [-0.2, -0.15) is 0 Å². The number of carbonyl (C=O) groups excluding carboxylic acids is 2. The average molecular weight is 293 g/mol. The van der Waals surface area contributed by atoms with E-state index in [0.717, 1.165) is 6.08 Å². The molecule has 0 amide bonds. The summed E-state index contributed by atoms with van der Waals surface area (Å²) in [5, 5.41) is 10.8. The van der Waals surface area contributed by atoms with E-state index in [4.69, 9.17) is 9.47 Å². The lowest BCUT2D eigenvalue weighted by molar-refractivity contribution is -0.385. The molecule has 1 aromatic carbocycles. The van der Waals surface area contributed by atoms with Crippen LogP contribution in [0, 0.1) is 10.1 Å². The van der Waals surface area contributed by atoms with Crippen LogP contribution in [-0.2, 0) is 19.1 Å². The van der Waals surface area contributed by atoms with Crippen LogP contribution < -0.4 is 0 Å². The fraction of sp³-hybridized carbons (Fsp3) is 0.286. The van der Waals surface area contributed by atoms with Gasteiger partial charge in [0, 0.05) is 13.2 Å². The Labute approximate surface area is 121 Å². The molecule has 21 heavy (non-hydrogen) atoms. The maximum Gasteiger partial charge on any atom is 0.313 e. The monoisotopic (exact) mass is 293 g/mol. The molecule has 0 heterocycles. The zero-order chi connectivity index (χ0) is 15.7. The van der Waals surface area contributed by atoms with Crippen molar-refractivity contribution in [2.24, 2.45) is 0 Å². The number of benzene rings is 1. The molecule has 0 saturated carbocycles. The molecule has 0 fully saturated rings. The van der Waals surface area contributed by atoms with Crippen LogP contribution in [0.4, 0.5) is 5.69 Å². The molecular formula is C14H15NO6. The van der Waals surface area contributed by atoms with Gasteiger partial charge in [-0.05, 0) is 18.2 Å². The first-order chi connectivity index (χ1) is 10.0. The number of nitro groups is 1. The average Bonchev–Trinajstić information content (AvgIpc) is 2.45. The highest BCUT2D eigenvalue weighted by molar-refractivity contribution is 6.04. The number of esters is 1. The van der Waals surface area contributed by atoms with Gasteiger partial charge in [0.2, 0.25) is 0 Å². The first-order valence-electron chi connectivity index (χ1n) is 6.13. The number of allylic oxidation sites excluding steroid dienone is 1. The van der Waals surface area contributed by atoms with Gasteiger partial charge < -0.3 is 9.47 Å². The fourth-order valence-corrected chi connectivity index (χ4v) is 1.47. The van der Waals surface area contributed by atoms with E-state index in [0.29, 0.717) is 5.56 Å². The van der Waals surface area contributed by atoms with E-state index in [9.17, 15) is 19.7 Å². The molecule has 0 bridgehead atoms. The van der Waals surface area contributed by atoms with Crippen molar-refractivity contribution in [2.75, 3.05) is 20.3 Å². The molecular weight excluding hydrogens is 278 g/mol. The molecule has 7 heteroatoms. The summed E-state index contributed by atoms with van der Waals surface area (Å²) in [6.07, 6.45) is 2.02. The van der Waals surface area contributed by atoms with Gasteiger partial charge in [-0.25, -0.2) is 0 Å². The van der Waals surface area contributed by atoms with Gasteiger partial charge in [-0.3, -0.25) is 19.7 Å². The number of hydrogen-bond donors (Lipinski definition) is 0. The van der Waals surface area contributed by atoms with Crippen molar-refractivity contribution in [3.05, 3.63) is 46.0 Å². The molecule has 1 rings (SSSR count). The van der Waals surface area contributed by atoms with E-state index < -0.39 is 23.1 Å². The summed E-state index contributed by atoms with van der Waals surface area (Å²) in [6.45, 7) is 0.336. The number of ether oxygens (including phenoxy) is 2. The third-order valence-corrected chi connectivity index (χ3v) is 2.45. The lowest BCUT2D eigenvalue weighted by atomic mass is 10.1. The quantitative estimate of drug-likeness (QED) is 0.181. The van der Waals surface area contributed by atoms with Crippen molar-refractivity contribution in [1.82, 2.24) is 0 Å². The van der Waals surface area contributed by atoms with Crippen LogP contribution >= 0.6 is 0 Å². The minimum absolute atomic E-state index is 0.0798. The summed E-state index contributed by atoms with van der Waals surface area (Å²) in [7, 11) is 1.47. The lowest BCUT2D eigenvalue weighted by Crippen LogP contribution is -2.12. The Balaban J connectivity index is 2.58. The summed E-state index contributed by atoms with van der Waals surface area (Å²) in [5.41, 5.74) is 0.188. The van der Waals surface area contributed by atoms with Gasteiger partial charge in [0.15, 0.2) is 5.78 Å². The number of nitrogens with zero attached hydrogens (tertiary/aromatic N) is 1. The number of carbonyl (C=O) groups is 2. The van der Waals surface area contributed by atoms with Gasteiger partial charge in [0.25, 0.3) is 5.69 Å². The van der Waals surface area contributed by atoms with Crippen molar-refractivity contribution in [1.29, 1.82) is 0 Å². The smallest absolute Gasteiger partial charge is 0.313 e. The van der Waals surface area contributed by atoms with Crippen LogP contribution in [0.25, 0.3) is 6.08 Å². The Morgan fingerprint density at radius 3 is 2.67 bits per heavy atom. The van der Waals surface area contributed by atoms with Crippen molar-refractivity contribution in [3.8, 4) is 0 Å². The second-order valence-corrected chi connectivity index (χ2v) is 4.01. The minimum Gasteiger partial charge on any atom is -0.463 e. The third kappa shape index (κ3) is 5.96. The standard InChI is InChI=1S/C14H15NO6/c1-20-8-9-21-14(17)10-12(16)7-6-11-4-2-3-5-13(11)15(18)19/h2-7H,8-10H2,1H3. The number of ketones is 1. The van der Waals surface area contributed by atoms with Gasteiger partial charge in [0.1, 0.15) is 13.0 Å². The highest BCUT2D eigenvalue weighted by Gasteiger charge is 2.11. The van der Waals surface area contributed by atoms with Crippen LogP contribution in [0.3, 0.4) is 0 Å². The van der Waals surface area contributed by atoms with Crippen LogP contribution in [0.2, 0.25) is 0 Å². The number of rotatable bonds is 8. The molecule has 0 saturated heterocycles. The van der Waals surface area contributed by atoms with Crippen LogP contribution in [-0.4, -0.2) is 37.0 Å². The molecule has 112 valence electrons. The van der Waals surface area contributed by atoms with E-state index in [-0.39, 0.29) is 18.9 Å². The number of hydrogen-bond acceptors (Lipinski definition) is 6. The second kappa shape index (κ2) is 8.60. The van der Waals surface area contributed by atoms with Gasteiger partial charge in [-0.1, -0.05) is 12.1 Å². The molecule has 0 aliphatic rings. The van der Waals surface area contributed by atoms with Crippen LogP contribution in [0.5, 0.6) is 0 Å². The maximum atomic E-state index is 11.6. The summed E-state index contributed by atoms with van der Waals surface area (Å²) in [4.78, 5) is 33.1. The first kappa shape index (κ1) is 16.5. The number of nitro benzene ring substituents is 1. The number of para-hydroxylation sites is 1. The van der Waals surface area contributed by atoms with Gasteiger partial charge >= 0.3 is 5.97 Å². The van der Waals surface area contributed by atoms with Crippen molar-refractivity contribution in [2.45, 2.75) is 6.42 Å². The Morgan fingerprint density at radius 1 is 1.29 bits per heavy atom. The zero-order valence-corrected chi connectivity index (χ0v) is 11.5. The molecule has 0 atom stereocenters. The van der Waals surface area contributed by atoms with Crippen molar-refractivity contribution in [3.63, 3.8) is 0 Å². The zero-order valence-electron chi connectivity index (χ0n) is 11.5. The summed E-state index contributed by atoms with van der Waals surface area (Å²) in [5.74, 6) is -1.15. The molecule has 0 aliphatic heterocycles. The maximum absolute atomic E-state index is 11.6. The Kier molecular flexibility index (Phi) is 6.76. The highest BCUT2D eigenvalue weighted by atomic mass is 16.6. The Bertz CT molecular complexity index is 552. The van der Waals surface area contributed by atoms with Crippen molar-refractivity contribution >= 4 is 23.5 Å². The normalized spacial score (nSPS) is 10.5. The summed E-state index contributed by atoms with van der Waals surface area (Å²) in [6, 6.07) is 6.00. The van der Waals surface area contributed by atoms with E-state index in [2.05, 4.69) is 0 Å². The van der Waals surface area contributed by atoms with E-state index in [1.54, 1.807) is 6.07 Å². The molecule has 0 spiro atoms. The predicted molar refractivity (Wildman–Crippen MR) is 74.6 cm³/mol. The molecule has 0 aromatic heterocycles. The molecule has 0 aliphatic carbocycles.